The summed E-state index contributed by atoms with van der Waals surface area (Å²) in [7, 11) is 0. The molecule has 2 amide bonds. The van der Waals surface area contributed by atoms with Crippen LogP contribution in [0.3, 0.4) is 0 Å². The third-order valence-corrected chi connectivity index (χ3v) is 7.06. The fourth-order valence-corrected chi connectivity index (χ4v) is 5.04. The van der Waals surface area contributed by atoms with Gasteiger partial charge in [-0.05, 0) is 49.4 Å². The molecule has 0 aliphatic rings. The zero-order valence-electron chi connectivity index (χ0n) is 17.5. The highest BCUT2D eigenvalue weighted by Gasteiger charge is 2.20. The van der Waals surface area contributed by atoms with Crippen LogP contribution in [0, 0.1) is 6.92 Å². The first-order valence-corrected chi connectivity index (χ1v) is 12.5. The summed E-state index contributed by atoms with van der Waals surface area (Å²) in [6.07, 6.45) is 0.658. The first-order valence-electron chi connectivity index (χ1n) is 9.90. The largest absolute Gasteiger partial charge is 0.322 e. The van der Waals surface area contributed by atoms with E-state index in [9.17, 15) is 9.59 Å². The Bertz CT molecular complexity index is 1050. The standard InChI is InChI=1S/C22H24N4O2S3/c1-4-18(20(28)24-21-25-22(26-31-21)29-5-2)30-17-11-7-10-16(13-17)23-19(27)15-9-6-8-14(3)12-15/h6-13,18H,4-5H2,1-3H3,(H,23,27)(H,24,25,26,28). The van der Waals surface area contributed by atoms with Gasteiger partial charge >= 0.3 is 0 Å². The van der Waals surface area contributed by atoms with E-state index in [4.69, 9.17) is 0 Å². The quantitative estimate of drug-likeness (QED) is 0.388. The Morgan fingerprint density at radius 1 is 1.10 bits per heavy atom. The van der Waals surface area contributed by atoms with E-state index in [0.717, 1.165) is 16.2 Å². The molecule has 0 aliphatic heterocycles. The Labute approximate surface area is 194 Å². The highest BCUT2D eigenvalue weighted by Crippen LogP contribution is 2.29. The van der Waals surface area contributed by atoms with Crippen molar-refractivity contribution in [2.45, 2.75) is 42.5 Å². The molecule has 0 bridgehead atoms. The van der Waals surface area contributed by atoms with Gasteiger partial charge in [-0.3, -0.25) is 14.9 Å². The summed E-state index contributed by atoms with van der Waals surface area (Å²) in [5, 5.41) is 6.71. The summed E-state index contributed by atoms with van der Waals surface area (Å²) in [5.74, 6) is 0.618. The van der Waals surface area contributed by atoms with Crippen LogP contribution in [0.25, 0.3) is 0 Å². The number of thioether (sulfide) groups is 2. The number of rotatable bonds is 9. The number of aryl methyl sites for hydroxylation is 1. The number of amides is 2. The monoisotopic (exact) mass is 472 g/mol. The first-order chi connectivity index (χ1) is 15.0. The smallest absolute Gasteiger partial charge is 0.255 e. The maximum atomic E-state index is 12.7. The summed E-state index contributed by atoms with van der Waals surface area (Å²) >= 11 is 4.19. The van der Waals surface area contributed by atoms with Crippen LogP contribution in [0.1, 0.15) is 36.2 Å². The van der Waals surface area contributed by atoms with Gasteiger partial charge in [-0.2, -0.15) is 9.36 Å². The number of benzene rings is 2. The van der Waals surface area contributed by atoms with Crippen LogP contribution in [0.2, 0.25) is 0 Å². The molecular weight excluding hydrogens is 448 g/mol. The van der Waals surface area contributed by atoms with Crippen LogP contribution in [0.15, 0.2) is 58.6 Å². The highest BCUT2D eigenvalue weighted by molar-refractivity contribution is 8.00. The van der Waals surface area contributed by atoms with Crippen molar-refractivity contribution in [2.75, 3.05) is 16.4 Å². The van der Waals surface area contributed by atoms with Gasteiger partial charge in [-0.25, -0.2) is 0 Å². The molecule has 1 aromatic heterocycles. The average Bonchev–Trinajstić information content (AvgIpc) is 3.19. The van der Waals surface area contributed by atoms with Crippen LogP contribution in [-0.2, 0) is 4.79 Å². The van der Waals surface area contributed by atoms with Gasteiger partial charge in [0.1, 0.15) is 0 Å². The number of carbonyl (C=O) groups excluding carboxylic acids is 2. The van der Waals surface area contributed by atoms with Gasteiger partial charge in [0.25, 0.3) is 5.91 Å². The van der Waals surface area contributed by atoms with Gasteiger partial charge in [-0.1, -0.05) is 49.4 Å². The number of hydrogen-bond donors (Lipinski definition) is 2. The van der Waals surface area contributed by atoms with Crippen LogP contribution >= 0.6 is 35.1 Å². The van der Waals surface area contributed by atoms with Crippen LogP contribution < -0.4 is 10.6 Å². The Morgan fingerprint density at radius 2 is 1.90 bits per heavy atom. The normalized spacial score (nSPS) is 11.7. The van der Waals surface area contributed by atoms with Gasteiger partial charge in [-0.15, -0.1) is 11.8 Å². The lowest BCUT2D eigenvalue weighted by Crippen LogP contribution is -2.24. The van der Waals surface area contributed by atoms with E-state index in [0.29, 0.717) is 28.0 Å². The number of anilines is 2. The van der Waals surface area contributed by atoms with Crippen LogP contribution in [0.4, 0.5) is 10.8 Å². The van der Waals surface area contributed by atoms with Crippen molar-refractivity contribution in [2.24, 2.45) is 0 Å². The molecule has 6 nitrogen and oxygen atoms in total. The fourth-order valence-electron chi connectivity index (χ4n) is 2.76. The number of nitrogens with one attached hydrogen (secondary N) is 2. The van der Waals surface area contributed by atoms with Gasteiger partial charge in [0.15, 0.2) is 0 Å². The maximum Gasteiger partial charge on any atom is 0.255 e. The van der Waals surface area contributed by atoms with Gasteiger partial charge in [0.05, 0.1) is 5.25 Å². The van der Waals surface area contributed by atoms with Crippen molar-refractivity contribution in [1.29, 1.82) is 0 Å². The van der Waals surface area contributed by atoms with E-state index < -0.39 is 0 Å². The van der Waals surface area contributed by atoms with Crippen molar-refractivity contribution in [3.63, 3.8) is 0 Å². The number of carbonyl (C=O) groups is 2. The molecule has 3 rings (SSSR count). The minimum absolute atomic E-state index is 0.106. The lowest BCUT2D eigenvalue weighted by molar-refractivity contribution is -0.115. The third-order valence-electron chi connectivity index (χ3n) is 4.22. The number of aromatic nitrogens is 2. The third kappa shape index (κ3) is 6.81. The molecule has 2 N–H and O–H groups in total. The van der Waals surface area contributed by atoms with Gasteiger partial charge < -0.3 is 5.32 Å². The van der Waals surface area contributed by atoms with E-state index >= 15 is 0 Å². The van der Waals surface area contributed by atoms with E-state index in [-0.39, 0.29) is 17.1 Å². The maximum absolute atomic E-state index is 12.7. The lowest BCUT2D eigenvalue weighted by Gasteiger charge is -2.14. The Hall–Kier alpha value is -2.36. The molecule has 0 fully saturated rings. The van der Waals surface area contributed by atoms with Crippen molar-refractivity contribution >= 4 is 57.7 Å². The molecule has 31 heavy (non-hydrogen) atoms. The lowest BCUT2D eigenvalue weighted by atomic mass is 10.1. The number of nitrogens with zero attached hydrogens (tertiary/aromatic N) is 2. The molecule has 1 unspecified atom stereocenters. The Morgan fingerprint density at radius 3 is 2.65 bits per heavy atom. The summed E-state index contributed by atoms with van der Waals surface area (Å²) in [5.41, 5.74) is 2.34. The predicted octanol–water partition coefficient (Wildman–Crippen LogP) is 5.72. The van der Waals surface area contributed by atoms with E-state index in [1.165, 1.54) is 23.3 Å². The average molecular weight is 473 g/mol. The Balaban J connectivity index is 1.63. The van der Waals surface area contributed by atoms with Crippen molar-refractivity contribution in [3.05, 3.63) is 59.7 Å². The predicted molar refractivity (Wildman–Crippen MR) is 130 cm³/mol. The topological polar surface area (TPSA) is 84.0 Å². The zero-order valence-corrected chi connectivity index (χ0v) is 20.0. The molecular formula is C22H24N4O2S3. The van der Waals surface area contributed by atoms with Crippen LogP contribution in [0.5, 0.6) is 0 Å². The second kappa shape index (κ2) is 11.3. The molecule has 162 valence electrons. The van der Waals surface area contributed by atoms with E-state index in [1.807, 2.05) is 63.2 Å². The minimum Gasteiger partial charge on any atom is -0.322 e. The van der Waals surface area contributed by atoms with Crippen LogP contribution in [-0.4, -0.2) is 32.2 Å². The summed E-state index contributed by atoms with van der Waals surface area (Å²) < 4.78 is 4.23. The molecule has 1 heterocycles. The molecule has 1 atom stereocenters. The van der Waals surface area contributed by atoms with E-state index in [2.05, 4.69) is 20.0 Å². The second-order valence-corrected chi connectivity index (χ2v) is 9.93. The SMILES string of the molecule is CCSc1nsc(NC(=O)C(CC)Sc2cccc(NC(=O)c3cccc(C)c3)c2)n1. The molecule has 0 aliphatic carbocycles. The molecule has 0 saturated heterocycles. The van der Waals surface area contributed by atoms with Crippen molar-refractivity contribution < 1.29 is 9.59 Å². The molecule has 0 radical (unpaired) electrons. The van der Waals surface area contributed by atoms with Crippen molar-refractivity contribution in [1.82, 2.24) is 9.36 Å². The van der Waals surface area contributed by atoms with Crippen molar-refractivity contribution in [3.8, 4) is 0 Å². The second-order valence-electron chi connectivity index (χ2n) is 6.67. The highest BCUT2D eigenvalue weighted by atomic mass is 32.2. The van der Waals surface area contributed by atoms with Gasteiger partial charge in [0, 0.05) is 27.7 Å². The fraction of sp³-hybridized carbons (Fsp3) is 0.273. The summed E-state index contributed by atoms with van der Waals surface area (Å²) in [4.78, 5) is 30.5. The minimum atomic E-state index is -0.283. The molecule has 2 aromatic carbocycles. The summed E-state index contributed by atoms with van der Waals surface area (Å²) in [6, 6.07) is 15.0. The molecule has 9 heteroatoms. The van der Waals surface area contributed by atoms with Gasteiger partial charge in [0.2, 0.25) is 16.2 Å². The molecule has 3 aromatic rings. The molecule has 0 saturated carbocycles. The summed E-state index contributed by atoms with van der Waals surface area (Å²) in [6.45, 7) is 5.96. The van der Waals surface area contributed by atoms with E-state index in [1.54, 1.807) is 17.8 Å². The molecule has 0 spiro atoms. The first kappa shape index (κ1) is 23.3. The number of hydrogen-bond acceptors (Lipinski definition) is 7. The zero-order chi connectivity index (χ0) is 22.2. The Kier molecular flexibility index (Phi) is 8.51.